The largest absolute Gasteiger partial charge is 0.321 e. The fourth-order valence-corrected chi connectivity index (χ4v) is 2.97. The van der Waals surface area contributed by atoms with Crippen molar-refractivity contribution in [2.75, 3.05) is 5.32 Å². The molecule has 0 bridgehead atoms. The minimum atomic E-state index is -0.278. The Balaban J connectivity index is 1.91. The van der Waals surface area contributed by atoms with Crippen molar-refractivity contribution in [3.63, 3.8) is 0 Å². The highest BCUT2D eigenvalue weighted by Gasteiger charge is 2.14. The summed E-state index contributed by atoms with van der Waals surface area (Å²) >= 11 is 12.0. The molecule has 3 rings (SSSR count). The Morgan fingerprint density at radius 1 is 1.04 bits per heavy atom. The summed E-state index contributed by atoms with van der Waals surface area (Å²) in [5.41, 5.74) is 3.91. The summed E-state index contributed by atoms with van der Waals surface area (Å²) in [6, 6.07) is 8.70. The standard InChI is InChI=1S/C17H14Cl2N4O/c1-10-5-13(23-8-20-21-9-23)6-11(2)16(10)22-17(24)14-4-3-12(18)7-15(14)19/h3-9H,1-2H3,(H,22,24). The van der Waals surface area contributed by atoms with Crippen molar-refractivity contribution in [3.8, 4) is 5.69 Å². The van der Waals surface area contributed by atoms with Crippen molar-refractivity contribution in [2.45, 2.75) is 13.8 Å². The molecule has 2 aromatic carbocycles. The summed E-state index contributed by atoms with van der Waals surface area (Å²) in [4.78, 5) is 12.5. The quantitative estimate of drug-likeness (QED) is 0.750. The van der Waals surface area contributed by atoms with Crippen LogP contribution in [0, 0.1) is 13.8 Å². The van der Waals surface area contributed by atoms with E-state index in [4.69, 9.17) is 23.2 Å². The van der Waals surface area contributed by atoms with Crippen LogP contribution in [-0.2, 0) is 0 Å². The van der Waals surface area contributed by atoms with E-state index in [2.05, 4.69) is 15.5 Å². The van der Waals surface area contributed by atoms with Crippen LogP contribution in [-0.4, -0.2) is 20.7 Å². The van der Waals surface area contributed by atoms with Crippen LogP contribution < -0.4 is 5.32 Å². The summed E-state index contributed by atoms with van der Waals surface area (Å²) in [7, 11) is 0. The maximum absolute atomic E-state index is 12.5. The predicted molar refractivity (Wildman–Crippen MR) is 95.2 cm³/mol. The number of halogens is 2. The second-order valence-corrected chi connectivity index (χ2v) is 6.25. The van der Waals surface area contributed by atoms with Gasteiger partial charge in [0.05, 0.1) is 10.6 Å². The molecule has 0 unspecified atom stereocenters. The van der Waals surface area contributed by atoms with E-state index in [0.29, 0.717) is 15.6 Å². The Bertz CT molecular complexity index is 884. The monoisotopic (exact) mass is 360 g/mol. The van der Waals surface area contributed by atoms with Gasteiger partial charge in [-0.25, -0.2) is 0 Å². The first-order valence-electron chi connectivity index (χ1n) is 7.18. The molecule has 0 aliphatic rings. The van der Waals surface area contributed by atoms with Gasteiger partial charge in [0, 0.05) is 16.4 Å². The van der Waals surface area contributed by atoms with Crippen LogP contribution in [0.5, 0.6) is 0 Å². The number of rotatable bonds is 3. The van der Waals surface area contributed by atoms with Crippen molar-refractivity contribution in [2.24, 2.45) is 0 Å². The number of nitrogens with zero attached hydrogens (tertiary/aromatic N) is 3. The Labute approximate surface area is 149 Å². The zero-order valence-electron chi connectivity index (χ0n) is 13.0. The SMILES string of the molecule is Cc1cc(-n2cnnc2)cc(C)c1NC(=O)c1ccc(Cl)cc1Cl. The average molecular weight is 361 g/mol. The van der Waals surface area contributed by atoms with Gasteiger partial charge < -0.3 is 5.32 Å². The first-order chi connectivity index (χ1) is 11.5. The normalized spacial score (nSPS) is 10.7. The van der Waals surface area contributed by atoms with Crippen LogP contribution in [0.3, 0.4) is 0 Å². The van der Waals surface area contributed by atoms with E-state index in [1.807, 2.05) is 30.5 Å². The molecule has 0 saturated carbocycles. The topological polar surface area (TPSA) is 59.8 Å². The molecule has 3 aromatic rings. The number of hydrogen-bond acceptors (Lipinski definition) is 3. The third kappa shape index (κ3) is 3.27. The van der Waals surface area contributed by atoms with E-state index in [1.54, 1.807) is 30.9 Å². The maximum atomic E-state index is 12.5. The molecule has 1 heterocycles. The molecular weight excluding hydrogens is 347 g/mol. The Morgan fingerprint density at radius 2 is 1.67 bits per heavy atom. The van der Waals surface area contributed by atoms with Crippen LogP contribution in [0.1, 0.15) is 21.5 Å². The van der Waals surface area contributed by atoms with E-state index in [-0.39, 0.29) is 5.91 Å². The van der Waals surface area contributed by atoms with Crippen LogP contribution in [0.4, 0.5) is 5.69 Å². The maximum Gasteiger partial charge on any atom is 0.257 e. The summed E-state index contributed by atoms with van der Waals surface area (Å²) in [5.74, 6) is -0.278. The second kappa shape index (κ2) is 6.63. The zero-order valence-corrected chi connectivity index (χ0v) is 14.6. The number of carbonyl (C=O) groups is 1. The Morgan fingerprint density at radius 3 is 2.25 bits per heavy atom. The smallest absolute Gasteiger partial charge is 0.257 e. The summed E-state index contributed by atoms with van der Waals surface area (Å²) < 4.78 is 1.81. The predicted octanol–water partition coefficient (Wildman–Crippen LogP) is 4.44. The molecule has 0 atom stereocenters. The first-order valence-corrected chi connectivity index (χ1v) is 7.94. The molecule has 0 aliphatic heterocycles. The lowest BCUT2D eigenvalue weighted by atomic mass is 10.1. The molecule has 0 spiro atoms. The van der Waals surface area contributed by atoms with Crippen molar-refractivity contribution >= 4 is 34.8 Å². The number of carbonyl (C=O) groups excluding carboxylic acids is 1. The lowest BCUT2D eigenvalue weighted by molar-refractivity contribution is 0.102. The third-order valence-corrected chi connectivity index (χ3v) is 4.20. The fourth-order valence-electron chi connectivity index (χ4n) is 2.48. The number of nitrogens with one attached hydrogen (secondary N) is 1. The molecule has 122 valence electrons. The van der Waals surface area contributed by atoms with Gasteiger partial charge in [0.2, 0.25) is 0 Å². The minimum Gasteiger partial charge on any atom is -0.321 e. The molecular formula is C17H14Cl2N4O. The second-order valence-electron chi connectivity index (χ2n) is 5.40. The number of aromatic nitrogens is 3. The van der Waals surface area contributed by atoms with Gasteiger partial charge in [0.25, 0.3) is 5.91 Å². The molecule has 0 fully saturated rings. The van der Waals surface area contributed by atoms with Gasteiger partial charge >= 0.3 is 0 Å². The number of hydrogen-bond donors (Lipinski definition) is 1. The van der Waals surface area contributed by atoms with Crippen molar-refractivity contribution in [3.05, 3.63) is 69.7 Å². The van der Waals surface area contributed by atoms with E-state index in [1.165, 1.54) is 0 Å². The van der Waals surface area contributed by atoms with Gasteiger partial charge in [0.15, 0.2) is 0 Å². The fraction of sp³-hybridized carbons (Fsp3) is 0.118. The average Bonchev–Trinajstić information content (AvgIpc) is 3.04. The minimum absolute atomic E-state index is 0.278. The van der Waals surface area contributed by atoms with Gasteiger partial charge in [-0.05, 0) is 55.3 Å². The number of benzene rings is 2. The molecule has 24 heavy (non-hydrogen) atoms. The highest BCUT2D eigenvalue weighted by molar-refractivity contribution is 6.37. The number of amides is 1. The van der Waals surface area contributed by atoms with Crippen LogP contribution in [0.15, 0.2) is 43.0 Å². The highest BCUT2D eigenvalue weighted by Crippen LogP contribution is 2.26. The first kappa shape index (κ1) is 16.5. The van der Waals surface area contributed by atoms with E-state index < -0.39 is 0 Å². The molecule has 0 radical (unpaired) electrons. The van der Waals surface area contributed by atoms with E-state index in [9.17, 15) is 4.79 Å². The Hall–Kier alpha value is -2.37. The van der Waals surface area contributed by atoms with Gasteiger partial charge in [-0.2, -0.15) is 0 Å². The van der Waals surface area contributed by atoms with Gasteiger partial charge in [-0.15, -0.1) is 10.2 Å². The third-order valence-electron chi connectivity index (χ3n) is 3.65. The molecule has 0 saturated heterocycles. The number of aryl methyl sites for hydroxylation is 2. The molecule has 1 amide bonds. The van der Waals surface area contributed by atoms with E-state index in [0.717, 1.165) is 22.5 Å². The molecule has 1 N–H and O–H groups in total. The van der Waals surface area contributed by atoms with Gasteiger partial charge in [-0.1, -0.05) is 23.2 Å². The highest BCUT2D eigenvalue weighted by atomic mass is 35.5. The summed E-state index contributed by atoms with van der Waals surface area (Å²) in [6.45, 7) is 3.86. The zero-order chi connectivity index (χ0) is 17.3. The van der Waals surface area contributed by atoms with Crippen LogP contribution >= 0.6 is 23.2 Å². The van der Waals surface area contributed by atoms with E-state index >= 15 is 0 Å². The molecule has 7 heteroatoms. The Kier molecular flexibility index (Phi) is 4.55. The number of anilines is 1. The molecule has 0 aliphatic carbocycles. The van der Waals surface area contributed by atoms with Crippen molar-refractivity contribution in [1.29, 1.82) is 0 Å². The molecule has 5 nitrogen and oxygen atoms in total. The van der Waals surface area contributed by atoms with Gasteiger partial charge in [0.1, 0.15) is 12.7 Å². The summed E-state index contributed by atoms with van der Waals surface area (Å²) in [6.07, 6.45) is 3.25. The van der Waals surface area contributed by atoms with Crippen LogP contribution in [0.25, 0.3) is 5.69 Å². The van der Waals surface area contributed by atoms with Gasteiger partial charge in [-0.3, -0.25) is 9.36 Å². The lowest BCUT2D eigenvalue weighted by Crippen LogP contribution is -2.14. The van der Waals surface area contributed by atoms with Crippen molar-refractivity contribution < 1.29 is 4.79 Å². The lowest BCUT2D eigenvalue weighted by Gasteiger charge is -2.14. The molecule has 1 aromatic heterocycles. The summed E-state index contributed by atoms with van der Waals surface area (Å²) in [5, 5.41) is 11.3. The van der Waals surface area contributed by atoms with Crippen LogP contribution in [0.2, 0.25) is 10.0 Å². The van der Waals surface area contributed by atoms with Crippen molar-refractivity contribution in [1.82, 2.24) is 14.8 Å².